The van der Waals surface area contributed by atoms with Gasteiger partial charge in [0.1, 0.15) is 0 Å². The zero-order chi connectivity index (χ0) is 68.1. The average Bonchev–Trinajstić information content (AvgIpc) is 0.711. The largest absolute Gasteiger partial charge is 0.314 e. The third-order valence-electron chi connectivity index (χ3n) is 20.7. The van der Waals surface area contributed by atoms with E-state index in [0.717, 1.165) is 102 Å². The van der Waals surface area contributed by atoms with Gasteiger partial charge in [0.15, 0.2) is 0 Å². The summed E-state index contributed by atoms with van der Waals surface area (Å²) in [7, 11) is 0. The molecular formula is C96H90N4. The van der Waals surface area contributed by atoms with Gasteiger partial charge >= 0.3 is 0 Å². The topological polar surface area (TPSA) is 13.0 Å². The van der Waals surface area contributed by atoms with Crippen LogP contribution in [0.5, 0.6) is 0 Å². The number of unbranched alkanes of at least 4 members (excludes halogenated alkanes) is 2. The first-order valence-electron chi connectivity index (χ1n) is 36.7. The summed E-state index contributed by atoms with van der Waals surface area (Å²) in [4.78, 5) is 9.65. The Hall–Kier alpha value is -10.9. The number of fused-ring (bicyclic) bond motifs is 2. The smallest absolute Gasteiger partial charge is 0.0463 e. The van der Waals surface area contributed by atoms with Crippen LogP contribution >= 0.6 is 0 Å². The van der Waals surface area contributed by atoms with Gasteiger partial charge in [-0.05, 0) is 287 Å². The average molecular weight is 1300 g/mol. The number of hydrogen-bond acceptors (Lipinski definition) is 4. The predicted octanol–water partition coefficient (Wildman–Crippen LogP) is 28.3. The summed E-state index contributed by atoms with van der Waals surface area (Å²) in [6.45, 7) is 13.4. The van der Waals surface area contributed by atoms with Gasteiger partial charge in [-0.2, -0.15) is 0 Å². The fraction of sp³-hybridized carbons (Fsp3) is 0.188. The SMILES string of the molecule is CCCCc1ccc(N(c2ccc(C)cc2)c2ccc(N(c3ccc(CCCC)cc3)c3ccc(-c4ccc5c6ccc(-c7ccc(N(c8ccc(CCC)cc8)c8ccc(N(C9=CC=C(CCC)CC9)c9ccc(C)cc9)cc8)cc7)c7cccc(c8cccc4c85)c76)cc3)cc2)cc1. The van der Waals surface area contributed by atoms with Crippen molar-refractivity contribution in [3.63, 3.8) is 0 Å². The van der Waals surface area contributed by atoms with Gasteiger partial charge in [0.2, 0.25) is 0 Å². The number of allylic oxidation sites excluding steroid dienone is 4. The Morgan fingerprint density at radius 2 is 0.550 bits per heavy atom. The Bertz CT molecular complexity index is 5160. The highest BCUT2D eigenvalue weighted by atomic mass is 15.2. The predicted molar refractivity (Wildman–Crippen MR) is 432 cm³/mol. The number of hydrogen-bond donors (Lipinski definition) is 0. The summed E-state index contributed by atoms with van der Waals surface area (Å²) in [5.74, 6) is 0. The molecule has 0 fully saturated rings. The number of rotatable bonds is 24. The lowest BCUT2D eigenvalue weighted by atomic mass is 9.85. The maximum atomic E-state index is 2.45. The van der Waals surface area contributed by atoms with Gasteiger partial charge in [-0.1, -0.05) is 222 Å². The van der Waals surface area contributed by atoms with Crippen LogP contribution in [0.4, 0.5) is 62.6 Å². The molecule has 0 radical (unpaired) electrons. The lowest BCUT2D eigenvalue weighted by Crippen LogP contribution is -2.18. The molecule has 1 aliphatic rings. The molecule has 0 spiro atoms. The van der Waals surface area contributed by atoms with E-state index in [0.29, 0.717) is 0 Å². The monoisotopic (exact) mass is 1300 g/mol. The molecule has 0 saturated heterocycles. The van der Waals surface area contributed by atoms with Crippen molar-refractivity contribution in [1.82, 2.24) is 0 Å². The molecule has 0 N–H and O–H groups in total. The van der Waals surface area contributed by atoms with Crippen molar-refractivity contribution >= 4 is 106 Å². The molecule has 0 amide bonds. The zero-order valence-electron chi connectivity index (χ0n) is 59.0. The third-order valence-corrected chi connectivity index (χ3v) is 20.7. The highest BCUT2D eigenvalue weighted by Gasteiger charge is 2.23. The van der Waals surface area contributed by atoms with Crippen molar-refractivity contribution in [3.05, 3.63) is 330 Å². The van der Waals surface area contributed by atoms with Crippen molar-refractivity contribution in [1.29, 1.82) is 0 Å². The number of anilines is 11. The molecule has 15 rings (SSSR count). The maximum Gasteiger partial charge on any atom is 0.0463 e. The molecule has 100 heavy (non-hydrogen) atoms. The van der Waals surface area contributed by atoms with E-state index in [-0.39, 0.29) is 0 Å². The van der Waals surface area contributed by atoms with Crippen molar-refractivity contribution in [3.8, 4) is 22.3 Å². The minimum Gasteiger partial charge on any atom is -0.314 e. The first-order valence-corrected chi connectivity index (χ1v) is 36.7. The standard InChI is InChI=1S/C96H90N4/c1-7-11-17-71-31-47-79(48-32-71)98(76-41-25-68(6)26-42-76)84-57-61-86(62-58-84)100(80-49-33-72(34-50-80)18-12-8-2)82-53-37-74(38-54-82)88-64-66-94-93-65-63-87(89-19-13-21-91(95(89)93)92-22-14-20-90(88)96(92)94)73-35-51-81(52-36-73)99(78-45-29-70(16-10-4)30-46-78)85-59-55-83(56-60-85)97(75-39-23-67(5)24-40-75)77-43-27-69(15-9-3)28-44-77/h13-14,19-27,29-43,45-66H,7-12,15-18,28,44H2,1-6H3. The zero-order valence-corrected chi connectivity index (χ0v) is 59.0. The maximum absolute atomic E-state index is 2.45. The second kappa shape index (κ2) is 29.2. The number of benzene rings is 14. The van der Waals surface area contributed by atoms with Crippen molar-refractivity contribution in [2.24, 2.45) is 0 Å². The van der Waals surface area contributed by atoms with Crippen LogP contribution in [0, 0.1) is 13.8 Å². The van der Waals surface area contributed by atoms with Gasteiger partial charge in [-0.25, -0.2) is 0 Å². The Kier molecular flexibility index (Phi) is 19.0. The van der Waals surface area contributed by atoms with Crippen LogP contribution in [0.15, 0.2) is 302 Å². The second-order valence-electron chi connectivity index (χ2n) is 27.6. The van der Waals surface area contributed by atoms with Crippen molar-refractivity contribution < 1.29 is 0 Å². The fourth-order valence-corrected chi connectivity index (χ4v) is 15.4. The molecule has 14 aromatic rings. The molecule has 4 heteroatoms. The Labute approximate surface area is 592 Å². The molecule has 0 aliphatic heterocycles. The van der Waals surface area contributed by atoms with E-state index >= 15 is 0 Å². The number of nitrogens with zero attached hydrogens (tertiary/aromatic N) is 4. The van der Waals surface area contributed by atoms with Crippen LogP contribution in [-0.2, 0) is 19.3 Å². The van der Waals surface area contributed by atoms with E-state index in [1.807, 2.05) is 0 Å². The van der Waals surface area contributed by atoms with Gasteiger partial charge < -0.3 is 19.6 Å². The highest BCUT2D eigenvalue weighted by molar-refractivity contribution is 6.35. The van der Waals surface area contributed by atoms with Crippen LogP contribution < -0.4 is 19.6 Å². The summed E-state index contributed by atoms with van der Waals surface area (Å²) in [5, 5.41) is 10.3. The molecule has 0 unspecified atom stereocenters. The van der Waals surface area contributed by atoms with Gasteiger partial charge in [0.25, 0.3) is 0 Å². The lowest BCUT2D eigenvalue weighted by Gasteiger charge is -2.31. The van der Waals surface area contributed by atoms with Gasteiger partial charge in [0.05, 0.1) is 0 Å². The molecule has 0 atom stereocenters. The van der Waals surface area contributed by atoms with E-state index < -0.39 is 0 Å². The van der Waals surface area contributed by atoms with E-state index in [9.17, 15) is 0 Å². The van der Waals surface area contributed by atoms with Crippen molar-refractivity contribution in [2.75, 3.05) is 19.6 Å². The van der Waals surface area contributed by atoms with Gasteiger partial charge in [-0.15, -0.1) is 0 Å². The van der Waals surface area contributed by atoms with E-state index in [1.54, 1.807) is 5.57 Å². The Morgan fingerprint density at radius 1 is 0.250 bits per heavy atom. The Morgan fingerprint density at radius 3 is 0.880 bits per heavy atom. The van der Waals surface area contributed by atoms with E-state index in [2.05, 4.69) is 352 Å². The summed E-state index contributed by atoms with van der Waals surface area (Å²) in [6, 6.07) is 106. The molecule has 494 valence electrons. The molecule has 1 aliphatic carbocycles. The summed E-state index contributed by atoms with van der Waals surface area (Å²) in [5.41, 5.74) is 26.8. The fourth-order valence-electron chi connectivity index (χ4n) is 15.4. The molecule has 0 heterocycles. The van der Waals surface area contributed by atoms with Crippen molar-refractivity contribution in [2.45, 2.75) is 119 Å². The normalized spacial score (nSPS) is 12.3. The molecule has 14 aromatic carbocycles. The number of aryl methyl sites for hydroxylation is 5. The lowest BCUT2D eigenvalue weighted by molar-refractivity contribution is 0.791. The molecule has 0 aromatic heterocycles. The molecular weight excluding hydrogens is 1210 g/mol. The van der Waals surface area contributed by atoms with E-state index in [1.165, 1.54) is 137 Å². The summed E-state index contributed by atoms with van der Waals surface area (Å²) >= 11 is 0. The second-order valence-corrected chi connectivity index (χ2v) is 27.6. The summed E-state index contributed by atoms with van der Waals surface area (Å²) < 4.78 is 0. The quantitative estimate of drug-likeness (QED) is 0.0441. The van der Waals surface area contributed by atoms with Crippen LogP contribution in [0.2, 0.25) is 0 Å². The minimum absolute atomic E-state index is 1.02. The molecule has 4 nitrogen and oxygen atoms in total. The van der Waals surface area contributed by atoms with Gasteiger partial charge in [-0.3, -0.25) is 0 Å². The van der Waals surface area contributed by atoms with Crippen LogP contribution in [0.3, 0.4) is 0 Å². The van der Waals surface area contributed by atoms with Crippen LogP contribution in [-0.4, -0.2) is 0 Å². The van der Waals surface area contributed by atoms with Gasteiger partial charge in [0, 0.05) is 68.3 Å². The third kappa shape index (κ3) is 13.2. The van der Waals surface area contributed by atoms with Crippen LogP contribution in [0.1, 0.15) is 113 Å². The molecule has 0 bridgehead atoms. The summed E-state index contributed by atoms with van der Waals surface area (Å²) in [6.07, 6.45) is 18.3. The first kappa shape index (κ1) is 65.0. The highest BCUT2D eigenvalue weighted by Crippen LogP contribution is 2.48. The minimum atomic E-state index is 1.02. The van der Waals surface area contributed by atoms with Crippen LogP contribution in [0.25, 0.3) is 65.3 Å². The Balaban J connectivity index is 0.749. The van der Waals surface area contributed by atoms with E-state index in [4.69, 9.17) is 0 Å². The first-order chi connectivity index (χ1) is 49.2. The molecule has 0 saturated carbocycles.